The summed E-state index contributed by atoms with van der Waals surface area (Å²) in [5.74, 6) is -0.286. The Morgan fingerprint density at radius 1 is 0.754 bits per heavy atom. The van der Waals surface area contributed by atoms with Crippen LogP contribution in [0.25, 0.3) is 21.5 Å². The molecule has 0 saturated carbocycles. The van der Waals surface area contributed by atoms with E-state index in [1.807, 2.05) is 127 Å². The number of fused-ring (bicyclic) bond motifs is 2. The molecule has 5 aliphatic rings. The van der Waals surface area contributed by atoms with Crippen molar-refractivity contribution in [3.05, 3.63) is 162 Å². The van der Waals surface area contributed by atoms with Crippen LogP contribution in [0.4, 0.5) is 28.4 Å². The van der Waals surface area contributed by atoms with Crippen molar-refractivity contribution >= 4 is 86.9 Å². The SMILES string of the molecule is COc1ccc([Si](C)(C)[C@@H]2[C@@H](CC(=O)N3CCC[C@H]3CO)O[C@]3(C(=O)N(Cc4cccc(N5C(=O)c6cccc7cccc5c67)c4)c4ccc(N5C(=O)c6cccc7cccc5c67)cc43)[C@H]2C)cc1. The van der Waals surface area contributed by atoms with E-state index in [-0.39, 0.29) is 54.8 Å². The fourth-order valence-corrected chi connectivity index (χ4v) is 16.8. The topological polar surface area (TPSA) is 120 Å². The molecule has 2 saturated heterocycles. The Bertz CT molecular complexity index is 3310. The van der Waals surface area contributed by atoms with Gasteiger partial charge in [-0.1, -0.05) is 98.0 Å². The number of nitrogens with zero attached hydrogens (tertiary/aromatic N) is 4. The van der Waals surface area contributed by atoms with Crippen LogP contribution in [0.2, 0.25) is 18.6 Å². The molecule has 346 valence electrons. The molecule has 0 radical (unpaired) electrons. The van der Waals surface area contributed by atoms with E-state index < -0.39 is 25.7 Å². The first kappa shape index (κ1) is 43.2. The van der Waals surface area contributed by atoms with Crippen LogP contribution in [0.3, 0.4) is 0 Å². The van der Waals surface area contributed by atoms with Crippen molar-refractivity contribution in [1.29, 1.82) is 0 Å². The molecule has 5 aliphatic heterocycles. The van der Waals surface area contributed by atoms with Crippen molar-refractivity contribution in [3.63, 3.8) is 0 Å². The highest BCUT2D eigenvalue weighted by molar-refractivity contribution is 6.91. The monoisotopic (exact) mass is 932 g/mol. The number of anilines is 5. The number of hydrogen-bond acceptors (Lipinski definition) is 7. The van der Waals surface area contributed by atoms with Crippen LogP contribution in [0.5, 0.6) is 5.75 Å². The second-order valence-corrected chi connectivity index (χ2v) is 24.5. The Morgan fingerprint density at radius 3 is 1.99 bits per heavy atom. The van der Waals surface area contributed by atoms with Crippen molar-refractivity contribution in [2.24, 2.45) is 5.92 Å². The lowest BCUT2D eigenvalue weighted by Crippen LogP contribution is -2.52. The largest absolute Gasteiger partial charge is 0.497 e. The number of rotatable bonds is 10. The van der Waals surface area contributed by atoms with Gasteiger partial charge in [-0.2, -0.15) is 0 Å². The lowest BCUT2D eigenvalue weighted by molar-refractivity contribution is -0.150. The molecule has 7 aromatic rings. The average Bonchev–Trinajstić information content (AvgIpc) is 4.16. The van der Waals surface area contributed by atoms with Gasteiger partial charge in [0.2, 0.25) is 5.91 Å². The summed E-state index contributed by atoms with van der Waals surface area (Å²) in [6.07, 6.45) is 0.933. The maximum absolute atomic E-state index is 16.1. The number of ether oxygens (including phenoxy) is 2. The minimum Gasteiger partial charge on any atom is -0.497 e. The first-order valence-electron chi connectivity index (χ1n) is 23.9. The Labute approximate surface area is 401 Å². The third kappa shape index (κ3) is 6.31. The van der Waals surface area contributed by atoms with Gasteiger partial charge in [-0.15, -0.1) is 0 Å². The van der Waals surface area contributed by atoms with E-state index in [1.165, 1.54) is 0 Å². The molecule has 4 amide bonds. The normalized spacial score (nSPS) is 22.6. The minimum atomic E-state index is -2.66. The van der Waals surface area contributed by atoms with Crippen LogP contribution in [0.15, 0.2) is 140 Å². The molecule has 7 aromatic carbocycles. The molecule has 5 heterocycles. The fourth-order valence-electron chi connectivity index (χ4n) is 12.8. The minimum absolute atomic E-state index is 0.0467. The number of amides is 4. The average molecular weight is 933 g/mol. The summed E-state index contributed by atoms with van der Waals surface area (Å²) in [5.41, 5.74) is 4.51. The zero-order valence-electron chi connectivity index (χ0n) is 39.0. The summed E-state index contributed by atoms with van der Waals surface area (Å²) < 4.78 is 13.1. The number of methoxy groups -OCH3 is 1. The van der Waals surface area contributed by atoms with Crippen LogP contribution in [0, 0.1) is 5.92 Å². The zero-order chi connectivity index (χ0) is 47.5. The molecule has 0 aliphatic carbocycles. The maximum atomic E-state index is 16.1. The predicted octanol–water partition coefficient (Wildman–Crippen LogP) is 9.72. The van der Waals surface area contributed by atoms with Crippen LogP contribution in [0.1, 0.15) is 58.0 Å². The molecular formula is C57H52N4O7Si. The van der Waals surface area contributed by atoms with Crippen molar-refractivity contribution < 1.29 is 33.8 Å². The van der Waals surface area contributed by atoms with Gasteiger partial charge in [-0.3, -0.25) is 29.0 Å². The van der Waals surface area contributed by atoms with Gasteiger partial charge in [0.15, 0.2) is 5.60 Å². The highest BCUT2D eigenvalue weighted by atomic mass is 28.3. The first-order chi connectivity index (χ1) is 33.4. The number of likely N-dealkylation sites (tertiary alicyclic amines) is 1. The smallest absolute Gasteiger partial charge is 0.264 e. The van der Waals surface area contributed by atoms with Crippen molar-refractivity contribution in [2.45, 2.75) is 69.1 Å². The molecular weight excluding hydrogens is 881 g/mol. The number of hydrogen-bond donors (Lipinski definition) is 1. The predicted molar refractivity (Wildman–Crippen MR) is 271 cm³/mol. The third-order valence-corrected chi connectivity index (χ3v) is 20.3. The lowest BCUT2D eigenvalue weighted by atomic mass is 9.82. The third-order valence-electron chi connectivity index (χ3n) is 16.0. The van der Waals surface area contributed by atoms with E-state index in [9.17, 15) is 19.5 Å². The van der Waals surface area contributed by atoms with Gasteiger partial charge in [0.25, 0.3) is 17.7 Å². The molecule has 11 nitrogen and oxygen atoms in total. The van der Waals surface area contributed by atoms with Crippen molar-refractivity contribution in [1.82, 2.24) is 4.90 Å². The van der Waals surface area contributed by atoms with Crippen molar-refractivity contribution in [2.75, 3.05) is 35.0 Å². The van der Waals surface area contributed by atoms with E-state index in [1.54, 1.807) is 26.7 Å². The van der Waals surface area contributed by atoms with E-state index in [0.717, 1.165) is 62.3 Å². The molecule has 69 heavy (non-hydrogen) atoms. The van der Waals surface area contributed by atoms with Gasteiger partial charge in [0, 0.05) is 40.2 Å². The summed E-state index contributed by atoms with van der Waals surface area (Å²) in [4.78, 5) is 66.3. The summed E-state index contributed by atoms with van der Waals surface area (Å²) in [7, 11) is -1.01. The fraction of sp³-hybridized carbons (Fsp3) is 0.263. The number of benzene rings is 7. The van der Waals surface area contributed by atoms with Gasteiger partial charge in [-0.05, 0) is 101 Å². The van der Waals surface area contributed by atoms with Crippen LogP contribution >= 0.6 is 0 Å². The van der Waals surface area contributed by atoms with Gasteiger partial charge < -0.3 is 24.4 Å². The van der Waals surface area contributed by atoms with E-state index in [0.29, 0.717) is 40.3 Å². The van der Waals surface area contributed by atoms with E-state index >= 15 is 4.79 Å². The molecule has 0 unspecified atom stereocenters. The quantitative estimate of drug-likeness (QED) is 0.136. The van der Waals surface area contributed by atoms with Gasteiger partial charge in [0.1, 0.15) is 5.75 Å². The molecule has 12 rings (SSSR count). The summed E-state index contributed by atoms with van der Waals surface area (Å²) >= 11 is 0. The standard InChI is InChI=1S/C57H52N4O7Si/c1-34-53(69(3,4)42-25-23-41(67-2)24-26-42)49(31-50(63)58-28-10-17-40(58)33-62)68-57(34)45-30-39(61-48-21-9-15-37-13-7-19-44(52(37)48)55(61)65)22-27-46(45)59(56(57)66)32-35-11-5-16-38(29-35)60-47-20-8-14-36-12-6-18-43(51(36)47)54(60)64/h5-9,11-16,18-27,29-30,34,40,49,53,62H,10,17,28,31-33H2,1-4H3/t34-,40-,49+,53-,57+/m0/s1. The maximum Gasteiger partial charge on any atom is 0.264 e. The van der Waals surface area contributed by atoms with Crippen molar-refractivity contribution in [3.8, 4) is 5.75 Å². The van der Waals surface area contributed by atoms with Crippen LogP contribution in [-0.2, 0) is 26.5 Å². The highest BCUT2D eigenvalue weighted by Crippen LogP contribution is 2.61. The number of carbonyl (C=O) groups excluding carboxylic acids is 4. The Balaban J connectivity index is 0.988. The molecule has 1 N–H and O–H groups in total. The summed E-state index contributed by atoms with van der Waals surface area (Å²) in [6, 6.07) is 44.9. The van der Waals surface area contributed by atoms with Gasteiger partial charge >= 0.3 is 0 Å². The van der Waals surface area contributed by atoms with Crippen LogP contribution in [-0.4, -0.2) is 74.1 Å². The Morgan fingerprint density at radius 2 is 1.36 bits per heavy atom. The van der Waals surface area contributed by atoms with Gasteiger partial charge in [0.05, 0.1) is 75.1 Å². The lowest BCUT2D eigenvalue weighted by Gasteiger charge is -2.37. The molecule has 0 aromatic heterocycles. The van der Waals surface area contributed by atoms with Gasteiger partial charge in [-0.25, -0.2) is 0 Å². The first-order valence-corrected chi connectivity index (χ1v) is 27.0. The van der Waals surface area contributed by atoms with E-state index in [2.05, 4.69) is 32.2 Å². The molecule has 5 atom stereocenters. The molecule has 12 heteroatoms. The number of aliphatic hydroxyl groups excluding tert-OH is 1. The summed E-state index contributed by atoms with van der Waals surface area (Å²) in [6.45, 7) is 7.31. The molecule has 2 fully saturated rings. The highest BCUT2D eigenvalue weighted by Gasteiger charge is 2.67. The Kier molecular flexibility index (Phi) is 10.00. The second-order valence-electron chi connectivity index (χ2n) is 19.8. The molecule has 1 spiro atoms. The zero-order valence-corrected chi connectivity index (χ0v) is 40.0. The number of carbonyl (C=O) groups is 4. The Hall–Kier alpha value is -7.12. The second kappa shape index (κ2) is 16.0. The molecule has 0 bridgehead atoms. The van der Waals surface area contributed by atoms with E-state index in [4.69, 9.17) is 9.47 Å². The number of aliphatic hydroxyl groups is 1. The summed E-state index contributed by atoms with van der Waals surface area (Å²) in [5, 5.41) is 15.2. The van der Waals surface area contributed by atoms with Crippen LogP contribution < -0.4 is 24.6 Å².